The summed E-state index contributed by atoms with van der Waals surface area (Å²) < 4.78 is 18.9. The van der Waals surface area contributed by atoms with Gasteiger partial charge in [0.25, 0.3) is 0 Å². The highest BCUT2D eigenvalue weighted by molar-refractivity contribution is 14.0. The molecule has 0 saturated carbocycles. The van der Waals surface area contributed by atoms with Crippen molar-refractivity contribution in [1.29, 1.82) is 0 Å². The summed E-state index contributed by atoms with van der Waals surface area (Å²) in [6.45, 7) is 8.34. The van der Waals surface area contributed by atoms with Crippen molar-refractivity contribution in [2.45, 2.75) is 39.8 Å². The van der Waals surface area contributed by atoms with Gasteiger partial charge in [-0.05, 0) is 39.3 Å². The highest BCUT2D eigenvalue weighted by Crippen LogP contribution is 2.31. The lowest BCUT2D eigenvalue weighted by Crippen LogP contribution is -2.39. The average Bonchev–Trinajstić information content (AvgIpc) is 3.34. The number of ether oxygens (including phenoxy) is 2. The van der Waals surface area contributed by atoms with E-state index in [0.29, 0.717) is 25.7 Å². The number of aliphatic imine (C=N–C) groups is 1. The number of methoxy groups -OCH3 is 1. The monoisotopic (exact) mass is 556 g/mol. The lowest BCUT2D eigenvalue weighted by molar-refractivity contribution is 0.195. The van der Waals surface area contributed by atoms with Gasteiger partial charge in [0.1, 0.15) is 18.1 Å². The van der Waals surface area contributed by atoms with E-state index < -0.39 is 0 Å². The van der Waals surface area contributed by atoms with Crippen LogP contribution in [0.5, 0.6) is 5.75 Å². The first kappa shape index (κ1) is 25.9. The molecule has 0 spiro atoms. The minimum atomic E-state index is -0.100. The normalized spacial score (nSPS) is 12.5. The van der Waals surface area contributed by atoms with Gasteiger partial charge in [0.05, 0.1) is 12.6 Å². The number of furan rings is 1. The van der Waals surface area contributed by atoms with Crippen molar-refractivity contribution in [1.82, 2.24) is 25.4 Å². The summed E-state index contributed by atoms with van der Waals surface area (Å²) in [6, 6.07) is 7.84. The minimum absolute atomic E-state index is 0. The number of halogens is 1. The molecule has 0 aliphatic carbocycles. The first-order valence-corrected chi connectivity index (χ1v) is 10.6. The van der Waals surface area contributed by atoms with Crippen LogP contribution >= 0.6 is 24.0 Å². The fourth-order valence-corrected chi connectivity index (χ4v) is 3.13. The van der Waals surface area contributed by atoms with Crippen LogP contribution in [-0.4, -0.2) is 47.6 Å². The van der Waals surface area contributed by atoms with Crippen molar-refractivity contribution in [2.75, 3.05) is 26.9 Å². The lowest BCUT2D eigenvalue weighted by atomic mass is 10.2. The molecule has 1 unspecified atom stereocenters. The largest absolute Gasteiger partial charge is 0.490 e. The zero-order valence-corrected chi connectivity index (χ0v) is 21.7. The highest BCUT2D eigenvalue weighted by atomic mass is 127. The zero-order chi connectivity index (χ0) is 22.2. The summed E-state index contributed by atoms with van der Waals surface area (Å²) >= 11 is 0. The Kier molecular flexibility index (Phi) is 10.2. The van der Waals surface area contributed by atoms with Gasteiger partial charge in [-0.1, -0.05) is 12.1 Å². The molecule has 1 atom stereocenters. The quantitative estimate of drug-likeness (QED) is 0.170. The van der Waals surface area contributed by atoms with Crippen LogP contribution in [-0.2, 0) is 18.3 Å². The van der Waals surface area contributed by atoms with Crippen LogP contribution in [0.2, 0.25) is 0 Å². The average molecular weight is 556 g/mol. The number of guanidine groups is 1. The Balaban J connectivity index is 0.00000363. The summed E-state index contributed by atoms with van der Waals surface area (Å²) in [6.07, 6.45) is 0.872. The van der Waals surface area contributed by atoms with E-state index in [0.717, 1.165) is 47.1 Å². The van der Waals surface area contributed by atoms with E-state index in [2.05, 4.69) is 20.8 Å². The van der Waals surface area contributed by atoms with Gasteiger partial charge in [0, 0.05) is 32.7 Å². The second-order valence-corrected chi connectivity index (χ2v) is 7.28. The molecule has 176 valence electrons. The molecule has 0 amide bonds. The second kappa shape index (κ2) is 12.6. The maximum absolute atomic E-state index is 6.13. The molecule has 0 aliphatic heterocycles. The first-order chi connectivity index (χ1) is 15.0. The van der Waals surface area contributed by atoms with Crippen LogP contribution in [0.15, 0.2) is 33.7 Å². The Morgan fingerprint density at radius 2 is 2.12 bits per heavy atom. The van der Waals surface area contributed by atoms with Crippen LogP contribution in [0, 0.1) is 6.92 Å². The van der Waals surface area contributed by atoms with Gasteiger partial charge in [-0.2, -0.15) is 0 Å². The number of rotatable bonds is 10. The standard InChI is InChI=1S/C22H32N6O3.HI/c1-6-30-18-10-7-9-17-13-19(31-21(17)18)15(2)25-22(23-11-8-12-29-5)24-14-20-27-26-16(3)28(20)4;/h7,9-10,13,15H,6,8,11-12,14H2,1-5H3,(H2,23,24,25);1H. The summed E-state index contributed by atoms with van der Waals surface area (Å²) in [7, 11) is 3.64. The number of fused-ring (bicyclic) bond motifs is 1. The Morgan fingerprint density at radius 3 is 2.81 bits per heavy atom. The third-order valence-electron chi connectivity index (χ3n) is 4.99. The van der Waals surface area contributed by atoms with Crippen molar-refractivity contribution in [3.8, 4) is 5.75 Å². The van der Waals surface area contributed by atoms with Crippen molar-refractivity contribution in [3.05, 3.63) is 41.7 Å². The van der Waals surface area contributed by atoms with E-state index in [-0.39, 0.29) is 30.0 Å². The highest BCUT2D eigenvalue weighted by Gasteiger charge is 2.16. The summed E-state index contributed by atoms with van der Waals surface area (Å²) in [5.41, 5.74) is 0.758. The number of para-hydroxylation sites is 1. The summed E-state index contributed by atoms with van der Waals surface area (Å²) in [5.74, 6) is 3.89. The molecule has 2 aromatic heterocycles. The lowest BCUT2D eigenvalue weighted by Gasteiger charge is -2.17. The molecule has 2 N–H and O–H groups in total. The maximum atomic E-state index is 6.13. The predicted octanol–water partition coefficient (Wildman–Crippen LogP) is 3.72. The van der Waals surface area contributed by atoms with Crippen molar-refractivity contribution < 1.29 is 13.9 Å². The van der Waals surface area contributed by atoms with Crippen LogP contribution in [0.3, 0.4) is 0 Å². The van der Waals surface area contributed by atoms with Crippen molar-refractivity contribution in [3.63, 3.8) is 0 Å². The van der Waals surface area contributed by atoms with Crippen LogP contribution in [0.25, 0.3) is 11.0 Å². The van der Waals surface area contributed by atoms with Gasteiger partial charge in [-0.3, -0.25) is 0 Å². The van der Waals surface area contributed by atoms with Crippen molar-refractivity contribution >= 4 is 40.9 Å². The number of aromatic nitrogens is 3. The molecule has 3 aromatic rings. The number of hydrogen-bond acceptors (Lipinski definition) is 6. The molecule has 0 saturated heterocycles. The molecule has 1 aromatic carbocycles. The molecule has 10 heteroatoms. The maximum Gasteiger partial charge on any atom is 0.192 e. The molecule has 0 radical (unpaired) electrons. The van der Waals surface area contributed by atoms with E-state index in [1.165, 1.54) is 0 Å². The topological polar surface area (TPSA) is 98.7 Å². The summed E-state index contributed by atoms with van der Waals surface area (Å²) in [4.78, 5) is 4.70. The fourth-order valence-electron chi connectivity index (χ4n) is 3.13. The van der Waals surface area contributed by atoms with Gasteiger partial charge in [-0.25, -0.2) is 4.99 Å². The second-order valence-electron chi connectivity index (χ2n) is 7.28. The number of nitrogens with zero attached hydrogens (tertiary/aromatic N) is 4. The van der Waals surface area contributed by atoms with Crippen LogP contribution < -0.4 is 15.4 Å². The van der Waals surface area contributed by atoms with E-state index in [1.807, 2.05) is 56.7 Å². The molecular weight excluding hydrogens is 523 g/mol. The Hall–Kier alpha value is -2.34. The fraction of sp³-hybridized carbons (Fsp3) is 0.500. The molecule has 32 heavy (non-hydrogen) atoms. The number of benzene rings is 1. The number of hydrogen-bond donors (Lipinski definition) is 2. The Bertz CT molecular complexity index is 1020. The van der Waals surface area contributed by atoms with E-state index in [9.17, 15) is 0 Å². The third-order valence-corrected chi connectivity index (χ3v) is 4.99. The minimum Gasteiger partial charge on any atom is -0.490 e. The number of aryl methyl sites for hydroxylation is 1. The Labute approximate surface area is 206 Å². The van der Waals surface area contributed by atoms with Crippen LogP contribution in [0.1, 0.15) is 43.7 Å². The third kappa shape index (κ3) is 6.58. The molecule has 9 nitrogen and oxygen atoms in total. The smallest absolute Gasteiger partial charge is 0.192 e. The molecule has 0 fully saturated rings. The molecule has 2 heterocycles. The zero-order valence-electron chi connectivity index (χ0n) is 19.3. The molecule has 0 bridgehead atoms. The van der Waals surface area contributed by atoms with Gasteiger partial charge in [-0.15, -0.1) is 34.2 Å². The molecule has 0 aliphatic rings. The predicted molar refractivity (Wildman–Crippen MR) is 136 cm³/mol. The van der Waals surface area contributed by atoms with Gasteiger partial charge in [0.2, 0.25) is 0 Å². The van der Waals surface area contributed by atoms with Gasteiger partial charge < -0.3 is 29.1 Å². The molecule has 3 rings (SSSR count). The van der Waals surface area contributed by atoms with E-state index >= 15 is 0 Å². The van der Waals surface area contributed by atoms with E-state index in [1.54, 1.807) is 7.11 Å². The molecular formula is C22H33IN6O3. The van der Waals surface area contributed by atoms with Crippen molar-refractivity contribution in [2.24, 2.45) is 12.0 Å². The summed E-state index contributed by atoms with van der Waals surface area (Å²) in [5, 5.41) is 16.1. The van der Waals surface area contributed by atoms with Gasteiger partial charge >= 0.3 is 0 Å². The van der Waals surface area contributed by atoms with E-state index in [4.69, 9.17) is 18.9 Å². The van der Waals surface area contributed by atoms with Crippen LogP contribution in [0.4, 0.5) is 0 Å². The Morgan fingerprint density at radius 1 is 1.31 bits per heavy atom. The first-order valence-electron chi connectivity index (χ1n) is 10.6. The SMILES string of the molecule is CCOc1cccc2cc(C(C)NC(=NCc3nnc(C)n3C)NCCCOC)oc12.I. The van der Waals surface area contributed by atoms with Gasteiger partial charge in [0.15, 0.2) is 23.1 Å². The number of nitrogens with one attached hydrogen (secondary N) is 2.